The van der Waals surface area contributed by atoms with Crippen molar-refractivity contribution in [3.05, 3.63) is 59.6 Å². The van der Waals surface area contributed by atoms with E-state index in [1.165, 1.54) is 24.5 Å². The molecule has 1 atom stereocenters. The van der Waals surface area contributed by atoms with Gasteiger partial charge in [0.2, 0.25) is 10.0 Å². The summed E-state index contributed by atoms with van der Waals surface area (Å²) in [7, 11) is -3.77. The Morgan fingerprint density at radius 1 is 1.24 bits per heavy atom. The predicted octanol–water partition coefficient (Wildman–Crippen LogP) is 2.32. The molecule has 132 valence electrons. The summed E-state index contributed by atoms with van der Waals surface area (Å²) in [4.78, 5) is 0.899. The normalized spacial score (nSPS) is 13.0. The van der Waals surface area contributed by atoms with Crippen molar-refractivity contribution in [2.24, 2.45) is 0 Å². The maximum atomic E-state index is 12.6. The van der Waals surface area contributed by atoms with Gasteiger partial charge in [0.25, 0.3) is 0 Å². The van der Waals surface area contributed by atoms with Crippen molar-refractivity contribution >= 4 is 21.4 Å². The van der Waals surface area contributed by atoms with Crippen LogP contribution >= 0.6 is 11.3 Å². The summed E-state index contributed by atoms with van der Waals surface area (Å²) in [5, 5.41) is 15.7. The maximum absolute atomic E-state index is 12.6. The fraction of sp³-hybridized carbons (Fsp3) is 0.235. The average molecular weight is 377 g/mol. The van der Waals surface area contributed by atoms with Crippen LogP contribution in [-0.4, -0.2) is 36.0 Å². The van der Waals surface area contributed by atoms with Gasteiger partial charge in [0, 0.05) is 12.7 Å². The first kappa shape index (κ1) is 17.8. The third-order valence-corrected chi connectivity index (χ3v) is 5.83. The number of hydrogen-bond acceptors (Lipinski definition) is 5. The van der Waals surface area contributed by atoms with Crippen LogP contribution in [0.25, 0.3) is 10.6 Å². The lowest BCUT2D eigenvalue weighted by Crippen LogP contribution is -2.30. The molecule has 6 nitrogen and oxygen atoms in total. The third-order valence-electron chi connectivity index (χ3n) is 3.53. The van der Waals surface area contributed by atoms with Gasteiger partial charge in [0.05, 0.1) is 17.5 Å². The Morgan fingerprint density at radius 2 is 2.00 bits per heavy atom. The fourth-order valence-corrected chi connectivity index (χ4v) is 4.41. The van der Waals surface area contributed by atoms with Gasteiger partial charge >= 0.3 is 0 Å². The zero-order valence-electron chi connectivity index (χ0n) is 13.7. The molecule has 0 aliphatic heterocycles. The number of sulfonamides is 1. The van der Waals surface area contributed by atoms with E-state index in [-0.39, 0.29) is 11.4 Å². The molecule has 25 heavy (non-hydrogen) atoms. The molecular weight excluding hydrogens is 358 g/mol. The van der Waals surface area contributed by atoms with Crippen molar-refractivity contribution in [2.45, 2.75) is 24.5 Å². The number of rotatable bonds is 7. The first-order valence-electron chi connectivity index (χ1n) is 7.79. The van der Waals surface area contributed by atoms with Crippen LogP contribution in [0.1, 0.15) is 12.5 Å². The molecular formula is C17H19N3O3S2. The molecule has 8 heteroatoms. The van der Waals surface area contributed by atoms with Crippen LogP contribution in [0.4, 0.5) is 0 Å². The molecule has 3 rings (SSSR count). The Morgan fingerprint density at radius 3 is 2.64 bits per heavy atom. The van der Waals surface area contributed by atoms with E-state index in [0.717, 1.165) is 10.4 Å². The summed E-state index contributed by atoms with van der Waals surface area (Å²) in [6.07, 6.45) is 0.770. The van der Waals surface area contributed by atoms with Crippen LogP contribution in [-0.2, 0) is 16.6 Å². The SMILES string of the molecule is CC(O)CNS(=O)(=O)c1cn(Cc2ccccc2)nc1-c1cccs1. The lowest BCUT2D eigenvalue weighted by Gasteiger charge is -2.07. The van der Waals surface area contributed by atoms with Gasteiger partial charge in [-0.2, -0.15) is 5.10 Å². The van der Waals surface area contributed by atoms with Gasteiger partial charge in [-0.1, -0.05) is 36.4 Å². The molecule has 0 spiro atoms. The van der Waals surface area contributed by atoms with Crippen molar-refractivity contribution in [2.75, 3.05) is 6.54 Å². The number of nitrogens with zero attached hydrogens (tertiary/aromatic N) is 2. The second-order valence-corrected chi connectivity index (χ2v) is 8.39. The van der Waals surface area contributed by atoms with Gasteiger partial charge in [-0.15, -0.1) is 11.3 Å². The van der Waals surface area contributed by atoms with Gasteiger partial charge in [-0.05, 0) is 23.9 Å². The Hall–Kier alpha value is -2.00. The molecule has 1 unspecified atom stereocenters. The third kappa shape index (κ3) is 4.35. The van der Waals surface area contributed by atoms with Gasteiger partial charge in [-0.3, -0.25) is 4.68 Å². The minimum atomic E-state index is -3.77. The molecule has 0 radical (unpaired) electrons. The number of nitrogens with one attached hydrogen (secondary N) is 1. The zero-order valence-corrected chi connectivity index (χ0v) is 15.3. The van der Waals surface area contributed by atoms with Gasteiger partial charge in [0.1, 0.15) is 10.6 Å². The van der Waals surface area contributed by atoms with Crippen LogP contribution in [0.15, 0.2) is 58.9 Å². The highest BCUT2D eigenvalue weighted by Crippen LogP contribution is 2.29. The van der Waals surface area contributed by atoms with Crippen molar-refractivity contribution < 1.29 is 13.5 Å². The quantitative estimate of drug-likeness (QED) is 0.662. The second kappa shape index (κ2) is 7.49. The molecule has 2 heterocycles. The number of hydrogen-bond donors (Lipinski definition) is 2. The summed E-state index contributed by atoms with van der Waals surface area (Å²) in [6, 6.07) is 13.4. The summed E-state index contributed by atoms with van der Waals surface area (Å²) >= 11 is 1.43. The van der Waals surface area contributed by atoms with Crippen LogP contribution in [0.5, 0.6) is 0 Å². The number of aliphatic hydroxyl groups is 1. The van der Waals surface area contributed by atoms with E-state index >= 15 is 0 Å². The molecule has 3 aromatic rings. The molecule has 0 aliphatic rings. The minimum absolute atomic E-state index is 0.0456. The van der Waals surface area contributed by atoms with Crippen LogP contribution in [0.3, 0.4) is 0 Å². The van der Waals surface area contributed by atoms with E-state index in [2.05, 4.69) is 9.82 Å². The number of aromatic nitrogens is 2. The summed E-state index contributed by atoms with van der Waals surface area (Å²) in [5.41, 5.74) is 1.45. The van der Waals surface area contributed by atoms with E-state index in [1.54, 1.807) is 4.68 Å². The zero-order chi connectivity index (χ0) is 17.9. The van der Waals surface area contributed by atoms with Crippen LogP contribution in [0, 0.1) is 0 Å². The second-order valence-electron chi connectivity index (χ2n) is 5.70. The number of thiophene rings is 1. The van der Waals surface area contributed by atoms with E-state index in [9.17, 15) is 13.5 Å². The first-order chi connectivity index (χ1) is 12.0. The minimum Gasteiger partial charge on any atom is -0.392 e. The Balaban J connectivity index is 1.98. The molecule has 1 aromatic carbocycles. The summed E-state index contributed by atoms with van der Waals surface area (Å²) in [5.74, 6) is 0. The van der Waals surface area contributed by atoms with E-state index in [1.807, 2.05) is 47.8 Å². The lowest BCUT2D eigenvalue weighted by atomic mass is 10.2. The molecule has 0 bridgehead atoms. The molecule has 0 aliphatic carbocycles. The van der Waals surface area contributed by atoms with Crippen LogP contribution < -0.4 is 4.72 Å². The summed E-state index contributed by atoms with van der Waals surface area (Å²) in [6.45, 7) is 1.96. The standard InChI is InChI=1S/C17H19N3O3S2/c1-13(21)10-18-25(22,23)16-12-20(11-14-6-3-2-4-7-14)19-17(16)15-8-5-9-24-15/h2-9,12-13,18,21H,10-11H2,1H3. The van der Waals surface area contributed by atoms with Gasteiger partial charge in [0.15, 0.2) is 0 Å². The highest BCUT2D eigenvalue weighted by Gasteiger charge is 2.24. The molecule has 0 amide bonds. The summed E-state index contributed by atoms with van der Waals surface area (Å²) < 4.78 is 29.3. The Bertz CT molecular complexity index is 917. The lowest BCUT2D eigenvalue weighted by molar-refractivity contribution is 0.198. The molecule has 0 saturated carbocycles. The Labute approximate surface area is 150 Å². The number of aliphatic hydroxyl groups excluding tert-OH is 1. The van der Waals surface area contributed by atoms with Crippen LogP contribution in [0.2, 0.25) is 0 Å². The highest BCUT2D eigenvalue weighted by molar-refractivity contribution is 7.89. The topological polar surface area (TPSA) is 84.2 Å². The van der Waals surface area contributed by atoms with E-state index < -0.39 is 16.1 Å². The highest BCUT2D eigenvalue weighted by atomic mass is 32.2. The molecule has 0 fully saturated rings. The average Bonchev–Trinajstić information content (AvgIpc) is 3.23. The molecule has 2 aromatic heterocycles. The van der Waals surface area contributed by atoms with Crippen molar-refractivity contribution in [1.82, 2.24) is 14.5 Å². The largest absolute Gasteiger partial charge is 0.392 e. The smallest absolute Gasteiger partial charge is 0.244 e. The van der Waals surface area contributed by atoms with Gasteiger partial charge in [-0.25, -0.2) is 13.1 Å². The molecule has 0 saturated heterocycles. The fourth-order valence-electron chi connectivity index (χ4n) is 2.34. The monoisotopic (exact) mass is 377 g/mol. The number of benzene rings is 1. The van der Waals surface area contributed by atoms with E-state index in [0.29, 0.717) is 12.2 Å². The van der Waals surface area contributed by atoms with E-state index in [4.69, 9.17) is 0 Å². The molecule has 2 N–H and O–H groups in total. The van der Waals surface area contributed by atoms with Crippen molar-refractivity contribution in [1.29, 1.82) is 0 Å². The van der Waals surface area contributed by atoms with Crippen molar-refractivity contribution in [3.63, 3.8) is 0 Å². The Kier molecular flexibility index (Phi) is 5.33. The van der Waals surface area contributed by atoms with Gasteiger partial charge < -0.3 is 5.11 Å². The van der Waals surface area contributed by atoms with Crippen molar-refractivity contribution in [3.8, 4) is 10.6 Å². The first-order valence-corrected chi connectivity index (χ1v) is 10.1. The predicted molar refractivity (Wildman–Crippen MR) is 98.0 cm³/mol. The maximum Gasteiger partial charge on any atom is 0.244 e.